The van der Waals surface area contributed by atoms with E-state index in [2.05, 4.69) is 9.88 Å². The van der Waals surface area contributed by atoms with E-state index in [0.717, 1.165) is 24.5 Å². The number of nitrogens with zero attached hydrogens (tertiary/aromatic N) is 2. The molecule has 1 saturated heterocycles. The molecule has 17 heavy (non-hydrogen) atoms. The van der Waals surface area contributed by atoms with Crippen molar-refractivity contribution in [3.8, 4) is 0 Å². The SMILES string of the molecule is Cc1cccc(CN2C[C@@H](C)[C@H](C(=O)O)C2)n1. The molecule has 1 aromatic heterocycles. The standard InChI is InChI=1S/C13H18N2O2/c1-9-6-15(8-12(9)13(16)17)7-11-5-3-4-10(2)14-11/h3-5,9,12H,6-8H2,1-2H3,(H,16,17)/t9-,12-/m1/s1. The van der Waals surface area contributed by atoms with E-state index >= 15 is 0 Å². The minimum absolute atomic E-state index is 0.220. The van der Waals surface area contributed by atoms with Crippen molar-refractivity contribution in [2.24, 2.45) is 11.8 Å². The van der Waals surface area contributed by atoms with Crippen LogP contribution in [-0.4, -0.2) is 34.0 Å². The average molecular weight is 234 g/mol. The molecular weight excluding hydrogens is 216 g/mol. The molecule has 0 unspecified atom stereocenters. The van der Waals surface area contributed by atoms with E-state index in [1.165, 1.54) is 0 Å². The van der Waals surface area contributed by atoms with Gasteiger partial charge in [0.15, 0.2) is 0 Å². The predicted octanol–water partition coefficient (Wildman–Crippen LogP) is 1.54. The van der Waals surface area contributed by atoms with E-state index in [4.69, 9.17) is 5.11 Å². The Kier molecular flexibility index (Phi) is 3.43. The highest BCUT2D eigenvalue weighted by atomic mass is 16.4. The molecule has 0 spiro atoms. The molecule has 4 nitrogen and oxygen atoms in total. The second-order valence-corrected chi connectivity index (χ2v) is 4.89. The summed E-state index contributed by atoms with van der Waals surface area (Å²) in [6, 6.07) is 5.95. The number of hydrogen-bond acceptors (Lipinski definition) is 3. The van der Waals surface area contributed by atoms with Gasteiger partial charge in [0.25, 0.3) is 0 Å². The second kappa shape index (κ2) is 4.84. The van der Waals surface area contributed by atoms with Crippen molar-refractivity contribution in [1.82, 2.24) is 9.88 Å². The van der Waals surface area contributed by atoms with Crippen molar-refractivity contribution < 1.29 is 9.90 Å². The summed E-state index contributed by atoms with van der Waals surface area (Å²) in [4.78, 5) is 17.6. The van der Waals surface area contributed by atoms with Gasteiger partial charge in [-0.05, 0) is 25.0 Å². The van der Waals surface area contributed by atoms with Gasteiger partial charge in [0.1, 0.15) is 0 Å². The van der Waals surface area contributed by atoms with Crippen LogP contribution in [0, 0.1) is 18.8 Å². The zero-order valence-corrected chi connectivity index (χ0v) is 10.3. The highest BCUT2D eigenvalue weighted by Crippen LogP contribution is 2.24. The third-order valence-electron chi connectivity index (χ3n) is 3.34. The molecule has 1 aromatic rings. The molecule has 0 saturated carbocycles. The molecule has 0 radical (unpaired) electrons. The zero-order valence-electron chi connectivity index (χ0n) is 10.3. The topological polar surface area (TPSA) is 53.4 Å². The molecule has 0 aromatic carbocycles. The highest BCUT2D eigenvalue weighted by molar-refractivity contribution is 5.71. The number of aliphatic carboxylic acids is 1. The first kappa shape index (κ1) is 12.0. The molecule has 2 atom stereocenters. The molecule has 1 aliphatic rings. The first-order chi connectivity index (χ1) is 8.06. The summed E-state index contributed by atoms with van der Waals surface area (Å²) in [6.45, 7) is 6.19. The zero-order chi connectivity index (χ0) is 12.4. The van der Waals surface area contributed by atoms with Crippen molar-refractivity contribution in [2.45, 2.75) is 20.4 Å². The Labute approximate surface area is 101 Å². The number of aryl methyl sites for hydroxylation is 1. The van der Waals surface area contributed by atoms with Crippen molar-refractivity contribution in [3.05, 3.63) is 29.6 Å². The maximum Gasteiger partial charge on any atom is 0.308 e. The van der Waals surface area contributed by atoms with E-state index in [1.54, 1.807) is 0 Å². The Morgan fingerprint density at radius 3 is 2.88 bits per heavy atom. The number of carboxylic acids is 1. The lowest BCUT2D eigenvalue weighted by molar-refractivity contribution is -0.142. The lowest BCUT2D eigenvalue weighted by atomic mass is 9.99. The van der Waals surface area contributed by atoms with Crippen molar-refractivity contribution in [2.75, 3.05) is 13.1 Å². The van der Waals surface area contributed by atoms with Gasteiger partial charge >= 0.3 is 5.97 Å². The summed E-state index contributed by atoms with van der Waals surface area (Å²) in [5.74, 6) is -0.700. The molecule has 92 valence electrons. The maximum atomic E-state index is 11.0. The van der Waals surface area contributed by atoms with Crippen LogP contribution in [0.3, 0.4) is 0 Å². The van der Waals surface area contributed by atoms with Gasteiger partial charge in [0, 0.05) is 25.3 Å². The summed E-state index contributed by atoms with van der Waals surface area (Å²) in [6.07, 6.45) is 0. The van der Waals surface area contributed by atoms with E-state index in [-0.39, 0.29) is 11.8 Å². The van der Waals surface area contributed by atoms with E-state index in [1.807, 2.05) is 32.0 Å². The molecule has 4 heteroatoms. The molecule has 1 N–H and O–H groups in total. The third-order valence-corrected chi connectivity index (χ3v) is 3.34. The van der Waals surface area contributed by atoms with Gasteiger partial charge in [-0.25, -0.2) is 0 Å². The van der Waals surface area contributed by atoms with E-state index < -0.39 is 5.97 Å². The fourth-order valence-electron chi connectivity index (χ4n) is 2.43. The van der Waals surface area contributed by atoms with Crippen LogP contribution < -0.4 is 0 Å². The van der Waals surface area contributed by atoms with Gasteiger partial charge in [-0.3, -0.25) is 14.7 Å². The molecule has 1 fully saturated rings. The number of hydrogen-bond donors (Lipinski definition) is 1. The first-order valence-corrected chi connectivity index (χ1v) is 5.94. The number of pyridine rings is 1. The fourth-order valence-corrected chi connectivity index (χ4v) is 2.43. The summed E-state index contributed by atoms with van der Waals surface area (Å²) in [7, 11) is 0. The molecular formula is C13H18N2O2. The van der Waals surface area contributed by atoms with Gasteiger partial charge in [0.2, 0.25) is 0 Å². The highest BCUT2D eigenvalue weighted by Gasteiger charge is 2.34. The lowest BCUT2D eigenvalue weighted by Crippen LogP contribution is -2.23. The largest absolute Gasteiger partial charge is 0.481 e. The number of rotatable bonds is 3. The summed E-state index contributed by atoms with van der Waals surface area (Å²) < 4.78 is 0. The fraction of sp³-hybridized carbons (Fsp3) is 0.538. The van der Waals surface area contributed by atoms with Crippen LogP contribution >= 0.6 is 0 Å². The lowest BCUT2D eigenvalue weighted by Gasteiger charge is -2.14. The minimum atomic E-state index is -0.683. The van der Waals surface area contributed by atoms with E-state index in [0.29, 0.717) is 6.54 Å². The molecule has 1 aliphatic heterocycles. The summed E-state index contributed by atoms with van der Waals surface area (Å²) >= 11 is 0. The molecule has 0 aliphatic carbocycles. The normalized spacial score (nSPS) is 25.1. The molecule has 0 bridgehead atoms. The summed E-state index contributed by atoms with van der Waals surface area (Å²) in [5.41, 5.74) is 2.02. The maximum absolute atomic E-state index is 11.0. The Morgan fingerprint density at radius 1 is 1.53 bits per heavy atom. The van der Waals surface area contributed by atoms with Crippen molar-refractivity contribution >= 4 is 5.97 Å². The van der Waals surface area contributed by atoms with Gasteiger partial charge in [-0.1, -0.05) is 13.0 Å². The monoisotopic (exact) mass is 234 g/mol. The van der Waals surface area contributed by atoms with Crippen LogP contribution in [0.1, 0.15) is 18.3 Å². The average Bonchev–Trinajstić information content (AvgIpc) is 2.59. The van der Waals surface area contributed by atoms with Gasteiger partial charge < -0.3 is 5.11 Å². The number of carbonyl (C=O) groups is 1. The predicted molar refractivity (Wildman–Crippen MR) is 64.5 cm³/mol. The van der Waals surface area contributed by atoms with Crippen LogP contribution in [0.15, 0.2) is 18.2 Å². The van der Waals surface area contributed by atoms with Gasteiger partial charge in [0.05, 0.1) is 11.6 Å². The quantitative estimate of drug-likeness (QED) is 0.862. The number of aromatic nitrogens is 1. The molecule has 2 heterocycles. The van der Waals surface area contributed by atoms with Gasteiger partial charge in [-0.2, -0.15) is 0 Å². The second-order valence-electron chi connectivity index (χ2n) is 4.89. The van der Waals surface area contributed by atoms with Gasteiger partial charge in [-0.15, -0.1) is 0 Å². The smallest absolute Gasteiger partial charge is 0.308 e. The van der Waals surface area contributed by atoms with Crippen LogP contribution in [0.5, 0.6) is 0 Å². The van der Waals surface area contributed by atoms with Crippen LogP contribution in [0.4, 0.5) is 0 Å². The number of carboxylic acid groups (broad SMARTS) is 1. The van der Waals surface area contributed by atoms with Crippen LogP contribution in [0.25, 0.3) is 0 Å². The van der Waals surface area contributed by atoms with Crippen LogP contribution in [0.2, 0.25) is 0 Å². The van der Waals surface area contributed by atoms with Crippen molar-refractivity contribution in [1.29, 1.82) is 0 Å². The van der Waals surface area contributed by atoms with Crippen LogP contribution in [-0.2, 0) is 11.3 Å². The Balaban J connectivity index is 2.00. The Bertz CT molecular complexity index is 420. The third kappa shape index (κ3) is 2.82. The molecule has 0 amide bonds. The molecule has 2 rings (SSSR count). The minimum Gasteiger partial charge on any atom is -0.481 e. The van der Waals surface area contributed by atoms with E-state index in [9.17, 15) is 4.79 Å². The Morgan fingerprint density at radius 2 is 2.29 bits per heavy atom. The summed E-state index contributed by atoms with van der Waals surface area (Å²) in [5, 5.41) is 9.07. The first-order valence-electron chi connectivity index (χ1n) is 5.94. The van der Waals surface area contributed by atoms with Crippen molar-refractivity contribution in [3.63, 3.8) is 0 Å². The Hall–Kier alpha value is -1.42. The number of likely N-dealkylation sites (tertiary alicyclic amines) is 1.